The second kappa shape index (κ2) is 14.8. The second-order valence-electron chi connectivity index (χ2n) is 10.5. The van der Waals surface area contributed by atoms with Crippen molar-refractivity contribution in [3.63, 3.8) is 0 Å². The number of hydrogen-bond acceptors (Lipinski definition) is 5. The normalized spacial score (nSPS) is 11.8. The average molecular weight is 592 g/mol. The van der Waals surface area contributed by atoms with Gasteiger partial charge in [-0.3, -0.25) is 14.9 Å². The van der Waals surface area contributed by atoms with Crippen LogP contribution in [0.5, 0.6) is 0 Å². The van der Waals surface area contributed by atoms with E-state index in [1.54, 1.807) is 30.4 Å². The molecule has 0 radical (unpaired) electrons. The Morgan fingerprint density at radius 3 is 2.34 bits per heavy atom. The van der Waals surface area contributed by atoms with E-state index < -0.39 is 4.92 Å². The Morgan fingerprint density at radius 1 is 1.02 bits per heavy atom. The molecule has 44 heavy (non-hydrogen) atoms. The molecular formula is C36H37N3O5. The van der Waals surface area contributed by atoms with Crippen molar-refractivity contribution in [2.75, 3.05) is 6.61 Å². The number of nitrogens with zero attached hydrogens (tertiary/aromatic N) is 2. The minimum absolute atomic E-state index is 0.0123. The number of non-ortho nitro benzene ring substituents is 1. The maximum Gasteiger partial charge on any atom is 0.338 e. The van der Waals surface area contributed by atoms with E-state index >= 15 is 0 Å². The predicted octanol–water partition coefficient (Wildman–Crippen LogP) is 7.70. The van der Waals surface area contributed by atoms with Gasteiger partial charge in [0, 0.05) is 47.9 Å². The quantitative estimate of drug-likeness (QED) is 0.0429. The summed E-state index contributed by atoms with van der Waals surface area (Å²) in [5, 5.41) is 14.7. The summed E-state index contributed by atoms with van der Waals surface area (Å²) in [4.78, 5) is 36.1. The molecule has 4 aromatic rings. The lowest BCUT2D eigenvalue weighted by Crippen LogP contribution is -2.22. The van der Waals surface area contributed by atoms with Gasteiger partial charge in [-0.15, -0.1) is 0 Å². The minimum Gasteiger partial charge on any atom is -0.462 e. The first-order valence-electron chi connectivity index (χ1n) is 14.6. The molecule has 1 aromatic heterocycles. The summed E-state index contributed by atoms with van der Waals surface area (Å²) in [6.45, 7) is 11.0. The maximum absolute atomic E-state index is 12.9. The van der Waals surface area contributed by atoms with Gasteiger partial charge in [0.15, 0.2) is 0 Å². The zero-order valence-corrected chi connectivity index (χ0v) is 25.3. The zero-order valence-electron chi connectivity index (χ0n) is 25.3. The van der Waals surface area contributed by atoms with E-state index in [0.717, 1.165) is 51.6 Å². The van der Waals surface area contributed by atoms with Crippen molar-refractivity contribution in [1.29, 1.82) is 0 Å². The Balaban J connectivity index is 1.47. The SMILES string of the molecule is C=C/C=C(\C(=C/C)C(=O)OCCCC)c1ccc(Cn2cc(C)c3cc(C(=O)NCc4ccc([N+](=O)[O-])cc4)ccc32)cc1. The molecule has 226 valence electrons. The highest BCUT2D eigenvalue weighted by Crippen LogP contribution is 2.27. The standard InChI is InChI=1S/C36H37N3O5/c1-5-8-20-44-36(41)31(7-3)32(9-6-2)28-14-10-27(11-15-28)24-38-23-25(4)33-21-29(16-19-34(33)38)35(40)37-22-26-12-17-30(18-13-26)39(42)43/h6-7,9-19,21,23H,2,5,8,20,22,24H2,1,3-4H3,(H,37,40)/b31-7+,32-9-. The highest BCUT2D eigenvalue weighted by atomic mass is 16.6. The first-order valence-corrected chi connectivity index (χ1v) is 14.6. The Labute approximate surface area is 257 Å². The summed E-state index contributed by atoms with van der Waals surface area (Å²) in [6.07, 6.45) is 9.12. The predicted molar refractivity (Wildman–Crippen MR) is 174 cm³/mol. The van der Waals surface area contributed by atoms with Crippen LogP contribution in [0.25, 0.3) is 16.5 Å². The van der Waals surface area contributed by atoms with Gasteiger partial charge in [0.1, 0.15) is 0 Å². The molecule has 0 unspecified atom stereocenters. The van der Waals surface area contributed by atoms with Gasteiger partial charge in [-0.25, -0.2) is 4.79 Å². The van der Waals surface area contributed by atoms with Crippen LogP contribution in [0.1, 0.15) is 59.3 Å². The summed E-state index contributed by atoms with van der Waals surface area (Å²) in [6, 6.07) is 19.9. The molecule has 1 amide bonds. The molecule has 0 atom stereocenters. The number of amides is 1. The molecule has 1 heterocycles. The number of allylic oxidation sites excluding steroid dienone is 3. The number of aromatic nitrogens is 1. The van der Waals surface area contributed by atoms with Gasteiger partial charge in [0.2, 0.25) is 0 Å². The Morgan fingerprint density at radius 2 is 1.70 bits per heavy atom. The fraction of sp³-hybridized carbons (Fsp3) is 0.222. The van der Waals surface area contributed by atoms with Crippen molar-refractivity contribution in [2.45, 2.75) is 46.7 Å². The largest absolute Gasteiger partial charge is 0.462 e. The lowest BCUT2D eigenvalue weighted by molar-refractivity contribution is -0.384. The number of benzene rings is 3. The molecule has 0 aliphatic heterocycles. The summed E-state index contributed by atoms with van der Waals surface area (Å²) in [5.74, 6) is -0.557. The molecule has 0 fully saturated rings. The Kier molecular flexibility index (Phi) is 10.6. The van der Waals surface area contributed by atoms with E-state index in [1.807, 2.05) is 56.3 Å². The Hall–Kier alpha value is -5.24. The number of esters is 1. The van der Waals surface area contributed by atoms with Gasteiger partial charge in [-0.05, 0) is 66.3 Å². The van der Waals surface area contributed by atoms with Gasteiger partial charge in [0.25, 0.3) is 11.6 Å². The number of carbonyl (C=O) groups excluding carboxylic acids is 2. The lowest BCUT2D eigenvalue weighted by Gasteiger charge is -2.13. The molecule has 4 rings (SSSR count). The van der Waals surface area contributed by atoms with Crippen LogP contribution in [-0.2, 0) is 22.6 Å². The first-order chi connectivity index (χ1) is 21.2. The van der Waals surface area contributed by atoms with Crippen LogP contribution in [0, 0.1) is 17.0 Å². The average Bonchev–Trinajstić information content (AvgIpc) is 3.34. The van der Waals surface area contributed by atoms with Crippen LogP contribution in [0.2, 0.25) is 0 Å². The van der Waals surface area contributed by atoms with Crippen LogP contribution in [-0.4, -0.2) is 28.0 Å². The first kappa shape index (κ1) is 31.7. The smallest absolute Gasteiger partial charge is 0.338 e. The number of rotatable bonds is 13. The van der Waals surface area contributed by atoms with E-state index in [1.165, 1.54) is 12.1 Å². The van der Waals surface area contributed by atoms with E-state index in [0.29, 0.717) is 24.3 Å². The number of unbranched alkanes of at least 4 members (excludes halogenated alkanes) is 1. The number of hydrogen-bond donors (Lipinski definition) is 1. The molecule has 0 aliphatic rings. The molecule has 0 bridgehead atoms. The third-order valence-electron chi connectivity index (χ3n) is 7.37. The van der Waals surface area contributed by atoms with Gasteiger partial charge < -0.3 is 14.6 Å². The molecule has 8 heteroatoms. The van der Waals surface area contributed by atoms with Crippen molar-refractivity contribution >= 4 is 34.0 Å². The van der Waals surface area contributed by atoms with E-state index in [2.05, 4.69) is 29.6 Å². The third kappa shape index (κ3) is 7.58. The zero-order chi connectivity index (χ0) is 31.6. The number of carbonyl (C=O) groups is 2. The van der Waals surface area contributed by atoms with Crippen LogP contribution in [0.4, 0.5) is 5.69 Å². The van der Waals surface area contributed by atoms with Crippen molar-refractivity contribution in [2.24, 2.45) is 0 Å². The maximum atomic E-state index is 12.9. The molecular weight excluding hydrogens is 554 g/mol. The third-order valence-corrected chi connectivity index (χ3v) is 7.37. The number of ether oxygens (including phenoxy) is 1. The summed E-state index contributed by atoms with van der Waals surface area (Å²) < 4.78 is 7.62. The van der Waals surface area contributed by atoms with E-state index in [-0.39, 0.29) is 24.1 Å². The van der Waals surface area contributed by atoms with Crippen LogP contribution >= 0.6 is 0 Å². The van der Waals surface area contributed by atoms with Crippen molar-refractivity contribution in [1.82, 2.24) is 9.88 Å². The fourth-order valence-corrected chi connectivity index (χ4v) is 4.98. The number of nitro groups is 1. The van der Waals surface area contributed by atoms with Gasteiger partial charge in [-0.1, -0.05) is 74.5 Å². The monoisotopic (exact) mass is 591 g/mol. The number of fused-ring (bicyclic) bond motifs is 1. The fourth-order valence-electron chi connectivity index (χ4n) is 4.98. The van der Waals surface area contributed by atoms with Gasteiger partial charge in [0.05, 0.1) is 17.1 Å². The number of nitrogens with one attached hydrogen (secondary N) is 1. The van der Waals surface area contributed by atoms with Crippen molar-refractivity contribution in [3.8, 4) is 0 Å². The Bertz CT molecular complexity index is 1730. The van der Waals surface area contributed by atoms with Crippen LogP contribution in [0.15, 0.2) is 103 Å². The summed E-state index contributed by atoms with van der Waals surface area (Å²) in [7, 11) is 0. The summed E-state index contributed by atoms with van der Waals surface area (Å²) in [5.41, 5.74) is 6.64. The molecule has 8 nitrogen and oxygen atoms in total. The minimum atomic E-state index is -0.450. The van der Waals surface area contributed by atoms with E-state index in [4.69, 9.17) is 4.74 Å². The second-order valence-corrected chi connectivity index (χ2v) is 10.5. The number of aryl methyl sites for hydroxylation is 1. The highest BCUT2D eigenvalue weighted by Gasteiger charge is 2.17. The van der Waals surface area contributed by atoms with Crippen LogP contribution in [0.3, 0.4) is 0 Å². The van der Waals surface area contributed by atoms with Crippen LogP contribution < -0.4 is 5.32 Å². The molecule has 3 aromatic carbocycles. The molecule has 0 spiro atoms. The topological polar surface area (TPSA) is 103 Å². The lowest BCUT2D eigenvalue weighted by atomic mass is 9.96. The van der Waals surface area contributed by atoms with Crippen molar-refractivity contribution < 1.29 is 19.2 Å². The number of nitro benzene ring substituents is 1. The van der Waals surface area contributed by atoms with E-state index in [9.17, 15) is 19.7 Å². The molecule has 0 aliphatic carbocycles. The molecule has 0 saturated heterocycles. The summed E-state index contributed by atoms with van der Waals surface area (Å²) >= 11 is 0. The molecule has 1 N–H and O–H groups in total. The molecule has 0 saturated carbocycles. The van der Waals surface area contributed by atoms with Crippen molar-refractivity contribution in [3.05, 3.63) is 141 Å². The van der Waals surface area contributed by atoms with Gasteiger partial charge >= 0.3 is 5.97 Å². The highest BCUT2D eigenvalue weighted by molar-refractivity contribution is 6.06. The van der Waals surface area contributed by atoms with Gasteiger partial charge in [-0.2, -0.15) is 0 Å².